The SMILES string of the molecule is CC(c1cccs1)N1CCN(C(=O)NCc2ccccc2)CC1. The smallest absolute Gasteiger partial charge is 0.317 e. The van der Waals surface area contributed by atoms with Crippen LogP contribution in [-0.4, -0.2) is 42.0 Å². The Kier molecular flexibility index (Phi) is 5.31. The molecule has 1 saturated heterocycles. The zero-order chi connectivity index (χ0) is 16.1. The second-order valence-electron chi connectivity index (χ2n) is 5.86. The fraction of sp³-hybridized carbons (Fsp3) is 0.389. The van der Waals surface area contributed by atoms with Crippen molar-refractivity contribution in [2.45, 2.75) is 19.5 Å². The van der Waals surface area contributed by atoms with E-state index in [9.17, 15) is 4.79 Å². The first-order valence-corrected chi connectivity index (χ1v) is 8.96. The largest absolute Gasteiger partial charge is 0.334 e. The summed E-state index contributed by atoms with van der Waals surface area (Å²) >= 11 is 1.80. The molecule has 1 N–H and O–H groups in total. The van der Waals surface area contributed by atoms with Crippen LogP contribution in [0.1, 0.15) is 23.4 Å². The molecule has 23 heavy (non-hydrogen) atoms. The van der Waals surface area contributed by atoms with Gasteiger partial charge in [0.25, 0.3) is 0 Å². The van der Waals surface area contributed by atoms with Crippen LogP contribution in [-0.2, 0) is 6.54 Å². The predicted octanol–water partition coefficient (Wildman–Crippen LogP) is 3.34. The molecule has 0 bridgehead atoms. The van der Waals surface area contributed by atoms with Crippen LogP contribution in [0.3, 0.4) is 0 Å². The van der Waals surface area contributed by atoms with Gasteiger partial charge in [0, 0.05) is 43.6 Å². The summed E-state index contributed by atoms with van der Waals surface area (Å²) in [7, 11) is 0. The molecule has 0 saturated carbocycles. The number of thiophene rings is 1. The van der Waals surface area contributed by atoms with E-state index in [0.717, 1.165) is 31.7 Å². The summed E-state index contributed by atoms with van der Waals surface area (Å²) in [5.41, 5.74) is 1.13. The van der Waals surface area contributed by atoms with Crippen molar-refractivity contribution in [1.29, 1.82) is 0 Å². The monoisotopic (exact) mass is 329 g/mol. The molecule has 2 aromatic rings. The van der Waals surface area contributed by atoms with E-state index < -0.39 is 0 Å². The Labute approximate surface area is 141 Å². The summed E-state index contributed by atoms with van der Waals surface area (Å²) in [5, 5.41) is 5.13. The molecule has 1 fully saturated rings. The Balaban J connectivity index is 1.46. The van der Waals surface area contributed by atoms with Crippen LogP contribution in [0.4, 0.5) is 4.79 Å². The second kappa shape index (κ2) is 7.62. The molecule has 3 rings (SSSR count). The normalized spacial score (nSPS) is 17.0. The summed E-state index contributed by atoms with van der Waals surface area (Å²) in [6.45, 7) is 6.27. The predicted molar refractivity (Wildman–Crippen MR) is 94.6 cm³/mol. The quantitative estimate of drug-likeness (QED) is 0.934. The molecule has 5 heteroatoms. The second-order valence-corrected chi connectivity index (χ2v) is 6.84. The number of amides is 2. The van der Waals surface area contributed by atoms with Gasteiger partial charge in [0.15, 0.2) is 0 Å². The van der Waals surface area contributed by atoms with E-state index in [1.807, 2.05) is 35.2 Å². The van der Waals surface area contributed by atoms with Gasteiger partial charge in [0.1, 0.15) is 0 Å². The molecule has 0 radical (unpaired) electrons. The number of hydrogen-bond acceptors (Lipinski definition) is 3. The lowest BCUT2D eigenvalue weighted by molar-refractivity contribution is 0.115. The van der Waals surface area contributed by atoms with Gasteiger partial charge in [-0.05, 0) is 23.9 Å². The van der Waals surface area contributed by atoms with E-state index in [1.54, 1.807) is 11.3 Å². The highest BCUT2D eigenvalue weighted by Gasteiger charge is 2.24. The van der Waals surface area contributed by atoms with Crippen molar-refractivity contribution in [3.05, 3.63) is 58.3 Å². The topological polar surface area (TPSA) is 35.6 Å². The molecule has 4 nitrogen and oxygen atoms in total. The highest BCUT2D eigenvalue weighted by molar-refractivity contribution is 7.10. The Morgan fingerprint density at radius 1 is 1.13 bits per heavy atom. The van der Waals surface area contributed by atoms with E-state index in [-0.39, 0.29) is 6.03 Å². The maximum atomic E-state index is 12.3. The molecule has 1 aliphatic heterocycles. The van der Waals surface area contributed by atoms with Gasteiger partial charge in [0.2, 0.25) is 0 Å². The molecular formula is C18H23N3OS. The maximum absolute atomic E-state index is 12.3. The van der Waals surface area contributed by atoms with E-state index in [2.05, 4.69) is 34.7 Å². The third-order valence-corrected chi connectivity index (χ3v) is 5.43. The average molecular weight is 329 g/mol. The van der Waals surface area contributed by atoms with Crippen LogP contribution < -0.4 is 5.32 Å². The minimum Gasteiger partial charge on any atom is -0.334 e. The van der Waals surface area contributed by atoms with Crippen LogP contribution in [0.5, 0.6) is 0 Å². The maximum Gasteiger partial charge on any atom is 0.317 e. The number of piperazine rings is 1. The van der Waals surface area contributed by atoms with Crippen LogP contribution in [0.2, 0.25) is 0 Å². The van der Waals surface area contributed by atoms with Gasteiger partial charge < -0.3 is 10.2 Å². The van der Waals surface area contributed by atoms with Gasteiger partial charge in [-0.1, -0.05) is 36.4 Å². The third kappa shape index (κ3) is 4.12. The van der Waals surface area contributed by atoms with E-state index >= 15 is 0 Å². The molecule has 0 spiro atoms. The molecule has 1 atom stereocenters. The number of rotatable bonds is 4. The summed E-state index contributed by atoms with van der Waals surface area (Å²) in [5.74, 6) is 0. The van der Waals surface area contributed by atoms with Crippen LogP contribution >= 0.6 is 11.3 Å². The molecule has 0 aliphatic carbocycles. The standard InChI is InChI=1S/C18H23N3OS/c1-15(17-8-5-13-23-17)20-9-11-21(12-10-20)18(22)19-14-16-6-3-2-4-7-16/h2-8,13,15H,9-12,14H2,1H3,(H,19,22). The lowest BCUT2D eigenvalue weighted by Gasteiger charge is -2.37. The molecule has 1 unspecified atom stereocenters. The number of nitrogens with one attached hydrogen (secondary N) is 1. The molecule has 1 aromatic heterocycles. The zero-order valence-corrected chi connectivity index (χ0v) is 14.3. The number of benzene rings is 1. The molecule has 122 valence electrons. The third-order valence-electron chi connectivity index (χ3n) is 4.39. The van der Waals surface area contributed by atoms with E-state index in [1.165, 1.54) is 4.88 Å². The van der Waals surface area contributed by atoms with Gasteiger partial charge in [-0.25, -0.2) is 4.79 Å². The first kappa shape index (κ1) is 16.0. The minimum atomic E-state index is 0.0391. The first-order chi connectivity index (χ1) is 11.2. The summed E-state index contributed by atoms with van der Waals surface area (Å²) in [6.07, 6.45) is 0. The fourth-order valence-corrected chi connectivity index (χ4v) is 3.72. The Morgan fingerprint density at radius 3 is 2.52 bits per heavy atom. The van der Waals surface area contributed by atoms with Crippen LogP contribution in [0.15, 0.2) is 47.8 Å². The Morgan fingerprint density at radius 2 is 1.87 bits per heavy atom. The Hall–Kier alpha value is -1.85. The summed E-state index contributed by atoms with van der Waals surface area (Å²) in [4.78, 5) is 18.0. The minimum absolute atomic E-state index is 0.0391. The lowest BCUT2D eigenvalue weighted by Crippen LogP contribution is -2.51. The van der Waals surface area contributed by atoms with Crippen molar-refractivity contribution in [2.24, 2.45) is 0 Å². The van der Waals surface area contributed by atoms with Crippen molar-refractivity contribution in [3.63, 3.8) is 0 Å². The van der Waals surface area contributed by atoms with Gasteiger partial charge in [-0.15, -0.1) is 11.3 Å². The number of carbonyl (C=O) groups is 1. The fourth-order valence-electron chi connectivity index (χ4n) is 2.91. The molecule has 1 aliphatic rings. The molecule has 2 heterocycles. The molecule has 2 amide bonds. The number of carbonyl (C=O) groups excluding carboxylic acids is 1. The van der Waals surface area contributed by atoms with Crippen molar-refractivity contribution in [1.82, 2.24) is 15.1 Å². The van der Waals surface area contributed by atoms with Crippen molar-refractivity contribution in [2.75, 3.05) is 26.2 Å². The highest BCUT2D eigenvalue weighted by atomic mass is 32.1. The van der Waals surface area contributed by atoms with Gasteiger partial charge in [-0.3, -0.25) is 4.90 Å². The first-order valence-electron chi connectivity index (χ1n) is 8.08. The Bertz CT molecular complexity index is 606. The zero-order valence-electron chi connectivity index (χ0n) is 13.4. The van der Waals surface area contributed by atoms with E-state index in [4.69, 9.17) is 0 Å². The van der Waals surface area contributed by atoms with Gasteiger partial charge >= 0.3 is 6.03 Å². The number of hydrogen-bond donors (Lipinski definition) is 1. The van der Waals surface area contributed by atoms with Crippen molar-refractivity contribution < 1.29 is 4.79 Å². The van der Waals surface area contributed by atoms with E-state index in [0.29, 0.717) is 12.6 Å². The van der Waals surface area contributed by atoms with Crippen LogP contribution in [0, 0.1) is 0 Å². The summed E-state index contributed by atoms with van der Waals surface area (Å²) < 4.78 is 0. The lowest BCUT2D eigenvalue weighted by atomic mass is 10.2. The highest BCUT2D eigenvalue weighted by Crippen LogP contribution is 2.25. The van der Waals surface area contributed by atoms with Gasteiger partial charge in [0.05, 0.1) is 0 Å². The van der Waals surface area contributed by atoms with Crippen molar-refractivity contribution >= 4 is 17.4 Å². The number of nitrogens with zero attached hydrogens (tertiary/aromatic N) is 2. The van der Waals surface area contributed by atoms with Gasteiger partial charge in [-0.2, -0.15) is 0 Å². The van der Waals surface area contributed by atoms with Crippen molar-refractivity contribution in [3.8, 4) is 0 Å². The molecular weight excluding hydrogens is 306 g/mol. The average Bonchev–Trinajstić information content (AvgIpc) is 3.15. The molecule has 1 aromatic carbocycles. The summed E-state index contributed by atoms with van der Waals surface area (Å²) in [6, 6.07) is 14.8. The number of urea groups is 1. The van der Waals surface area contributed by atoms with Crippen LogP contribution in [0.25, 0.3) is 0 Å².